The molecule has 134 valence electrons. The number of methoxy groups -OCH3 is 1. The zero-order chi connectivity index (χ0) is 18.3. The minimum atomic E-state index is -0.702. The number of benzene rings is 1. The highest BCUT2D eigenvalue weighted by Gasteiger charge is 2.25. The van der Waals surface area contributed by atoms with Crippen molar-refractivity contribution in [3.63, 3.8) is 0 Å². The summed E-state index contributed by atoms with van der Waals surface area (Å²) >= 11 is 0. The molecule has 2 atom stereocenters. The van der Waals surface area contributed by atoms with Crippen LogP contribution in [0.25, 0.3) is 0 Å². The predicted molar refractivity (Wildman–Crippen MR) is 94.0 cm³/mol. The lowest BCUT2D eigenvalue weighted by atomic mass is 10.0. The van der Waals surface area contributed by atoms with Crippen LogP contribution in [0.4, 0.5) is 0 Å². The molecule has 24 heavy (non-hydrogen) atoms. The second-order valence-corrected chi connectivity index (χ2v) is 6.70. The second kappa shape index (κ2) is 9.30. The minimum absolute atomic E-state index is 0.258. The minimum Gasteiger partial charge on any atom is -0.481 e. The van der Waals surface area contributed by atoms with E-state index in [0.29, 0.717) is 18.1 Å². The number of nitrogens with one attached hydrogen (secondary N) is 1. The molecule has 0 saturated carbocycles. The second-order valence-electron chi connectivity index (χ2n) is 6.70. The summed E-state index contributed by atoms with van der Waals surface area (Å²) in [5, 5.41) is 2.72. The molecular formula is C19H29NO4. The number of rotatable bonds is 8. The molecule has 0 saturated heterocycles. The molecule has 0 aromatic heterocycles. The third kappa shape index (κ3) is 6.22. The Morgan fingerprint density at radius 3 is 2.33 bits per heavy atom. The molecule has 5 heteroatoms. The van der Waals surface area contributed by atoms with Crippen LogP contribution in [0.15, 0.2) is 24.3 Å². The molecule has 0 aliphatic heterocycles. The number of carbonyl (C=O) groups is 2. The van der Waals surface area contributed by atoms with Gasteiger partial charge in [0.2, 0.25) is 0 Å². The van der Waals surface area contributed by atoms with Crippen LogP contribution in [0.5, 0.6) is 5.75 Å². The van der Waals surface area contributed by atoms with Gasteiger partial charge >= 0.3 is 5.97 Å². The van der Waals surface area contributed by atoms with Crippen molar-refractivity contribution < 1.29 is 19.1 Å². The van der Waals surface area contributed by atoms with Gasteiger partial charge in [-0.2, -0.15) is 0 Å². The molecule has 0 unspecified atom stereocenters. The van der Waals surface area contributed by atoms with Gasteiger partial charge in [-0.25, -0.2) is 4.79 Å². The van der Waals surface area contributed by atoms with Crippen LogP contribution >= 0.6 is 0 Å². The van der Waals surface area contributed by atoms with E-state index in [1.807, 2.05) is 38.1 Å². The first-order valence-electron chi connectivity index (χ1n) is 8.39. The van der Waals surface area contributed by atoms with Crippen molar-refractivity contribution in [1.82, 2.24) is 5.32 Å². The SMILES string of the molecule is COC(=O)[C@@H](CC(C)C)NC(=O)[C@H](C)Oc1cccc(C(C)C)c1. The van der Waals surface area contributed by atoms with Gasteiger partial charge in [-0.15, -0.1) is 0 Å². The maximum atomic E-state index is 12.3. The first-order valence-corrected chi connectivity index (χ1v) is 8.39. The summed E-state index contributed by atoms with van der Waals surface area (Å²) in [5.41, 5.74) is 1.15. The number of esters is 1. The van der Waals surface area contributed by atoms with Crippen LogP contribution in [-0.2, 0) is 14.3 Å². The molecule has 5 nitrogen and oxygen atoms in total. The summed E-state index contributed by atoms with van der Waals surface area (Å²) in [4.78, 5) is 24.1. The highest BCUT2D eigenvalue weighted by molar-refractivity contribution is 5.86. The zero-order valence-electron chi connectivity index (χ0n) is 15.5. The van der Waals surface area contributed by atoms with Gasteiger partial charge in [0.25, 0.3) is 5.91 Å². The van der Waals surface area contributed by atoms with Gasteiger partial charge in [0.15, 0.2) is 6.10 Å². The maximum absolute atomic E-state index is 12.3. The Balaban J connectivity index is 2.72. The summed E-state index contributed by atoms with van der Waals surface area (Å²) in [6, 6.07) is 7.03. The molecule has 1 rings (SSSR count). The quantitative estimate of drug-likeness (QED) is 0.741. The first-order chi connectivity index (χ1) is 11.2. The molecule has 1 N–H and O–H groups in total. The maximum Gasteiger partial charge on any atom is 0.328 e. The van der Waals surface area contributed by atoms with Crippen molar-refractivity contribution in [1.29, 1.82) is 0 Å². The fourth-order valence-electron chi connectivity index (χ4n) is 2.32. The number of amides is 1. The van der Waals surface area contributed by atoms with Gasteiger partial charge in [-0.1, -0.05) is 39.8 Å². The highest BCUT2D eigenvalue weighted by Crippen LogP contribution is 2.21. The van der Waals surface area contributed by atoms with E-state index >= 15 is 0 Å². The van der Waals surface area contributed by atoms with E-state index in [4.69, 9.17) is 9.47 Å². The van der Waals surface area contributed by atoms with Gasteiger partial charge < -0.3 is 14.8 Å². The Kier molecular flexibility index (Phi) is 7.75. The third-order valence-corrected chi connectivity index (χ3v) is 3.72. The van der Waals surface area contributed by atoms with Gasteiger partial charge in [-0.3, -0.25) is 4.79 Å². The lowest BCUT2D eigenvalue weighted by Gasteiger charge is -2.21. The molecule has 0 aliphatic carbocycles. The Bertz CT molecular complexity index is 554. The predicted octanol–water partition coefficient (Wildman–Crippen LogP) is 3.28. The van der Waals surface area contributed by atoms with Crippen LogP contribution in [0.3, 0.4) is 0 Å². The van der Waals surface area contributed by atoms with E-state index in [9.17, 15) is 9.59 Å². The number of hydrogen-bond acceptors (Lipinski definition) is 4. The van der Waals surface area contributed by atoms with E-state index in [-0.39, 0.29) is 11.8 Å². The van der Waals surface area contributed by atoms with Crippen molar-refractivity contribution in [3.05, 3.63) is 29.8 Å². The van der Waals surface area contributed by atoms with E-state index in [1.54, 1.807) is 6.92 Å². The average Bonchev–Trinajstić information content (AvgIpc) is 2.53. The number of carbonyl (C=O) groups excluding carboxylic acids is 2. The van der Waals surface area contributed by atoms with Gasteiger partial charge in [0.1, 0.15) is 11.8 Å². The summed E-state index contributed by atoms with van der Waals surface area (Å²) in [6.45, 7) is 9.84. The molecule has 0 spiro atoms. The summed E-state index contributed by atoms with van der Waals surface area (Å²) in [5.74, 6) is 0.509. The normalized spacial score (nSPS) is 13.5. The van der Waals surface area contributed by atoms with Crippen molar-refractivity contribution in [2.75, 3.05) is 7.11 Å². The van der Waals surface area contributed by atoms with E-state index in [2.05, 4.69) is 19.2 Å². The zero-order valence-corrected chi connectivity index (χ0v) is 15.5. The Hall–Kier alpha value is -2.04. The van der Waals surface area contributed by atoms with E-state index < -0.39 is 18.1 Å². The molecule has 1 amide bonds. The average molecular weight is 335 g/mol. The van der Waals surface area contributed by atoms with Crippen LogP contribution in [0.2, 0.25) is 0 Å². The molecule has 0 heterocycles. The van der Waals surface area contributed by atoms with Crippen LogP contribution in [-0.4, -0.2) is 31.1 Å². The van der Waals surface area contributed by atoms with Gasteiger partial charge in [0, 0.05) is 0 Å². The number of ether oxygens (including phenoxy) is 2. The van der Waals surface area contributed by atoms with Crippen molar-refractivity contribution >= 4 is 11.9 Å². The van der Waals surface area contributed by atoms with Crippen molar-refractivity contribution in [3.8, 4) is 5.75 Å². The molecule has 1 aromatic carbocycles. The van der Waals surface area contributed by atoms with Crippen LogP contribution < -0.4 is 10.1 Å². The Labute approximate surface area is 144 Å². The third-order valence-electron chi connectivity index (χ3n) is 3.72. The topological polar surface area (TPSA) is 64.6 Å². The van der Waals surface area contributed by atoms with Crippen molar-refractivity contribution in [2.24, 2.45) is 5.92 Å². The molecule has 0 fully saturated rings. The van der Waals surface area contributed by atoms with E-state index in [1.165, 1.54) is 7.11 Å². The van der Waals surface area contributed by atoms with Crippen LogP contribution in [0.1, 0.15) is 52.5 Å². The van der Waals surface area contributed by atoms with Crippen LogP contribution in [0, 0.1) is 5.92 Å². The lowest BCUT2D eigenvalue weighted by molar-refractivity contribution is -0.146. The number of hydrogen-bond donors (Lipinski definition) is 1. The molecule has 0 bridgehead atoms. The molecule has 0 radical (unpaired) electrons. The molecule has 1 aromatic rings. The Morgan fingerprint density at radius 2 is 1.79 bits per heavy atom. The first kappa shape index (κ1) is 20.0. The highest BCUT2D eigenvalue weighted by atomic mass is 16.5. The van der Waals surface area contributed by atoms with Crippen molar-refractivity contribution in [2.45, 2.75) is 59.1 Å². The largest absolute Gasteiger partial charge is 0.481 e. The smallest absolute Gasteiger partial charge is 0.328 e. The fourth-order valence-corrected chi connectivity index (χ4v) is 2.32. The molecule has 0 aliphatic rings. The summed E-state index contributed by atoms with van der Waals surface area (Å²) in [6.07, 6.45) is -0.180. The van der Waals surface area contributed by atoms with E-state index in [0.717, 1.165) is 5.56 Å². The lowest BCUT2D eigenvalue weighted by Crippen LogP contribution is -2.47. The Morgan fingerprint density at radius 1 is 1.12 bits per heavy atom. The monoisotopic (exact) mass is 335 g/mol. The summed E-state index contributed by atoms with van der Waals surface area (Å²) in [7, 11) is 1.32. The van der Waals surface area contributed by atoms with Gasteiger partial charge in [-0.05, 0) is 42.9 Å². The standard InChI is InChI=1S/C19H29NO4/c1-12(2)10-17(19(22)23-6)20-18(21)14(5)24-16-9-7-8-15(11-16)13(3)4/h7-9,11-14,17H,10H2,1-6H3,(H,20,21)/t14-,17+/m0/s1. The molecular weight excluding hydrogens is 306 g/mol. The van der Waals surface area contributed by atoms with Gasteiger partial charge in [0.05, 0.1) is 7.11 Å². The summed E-state index contributed by atoms with van der Waals surface area (Å²) < 4.78 is 10.5. The fraction of sp³-hybridized carbons (Fsp3) is 0.579.